The number of hydrogen-bond acceptors (Lipinski definition) is 3. The maximum absolute atomic E-state index is 11.7. The fourth-order valence-corrected chi connectivity index (χ4v) is 2.42. The van der Waals surface area contributed by atoms with Crippen molar-refractivity contribution in [1.29, 1.82) is 0 Å². The molecule has 2 aliphatic rings. The van der Waals surface area contributed by atoms with Gasteiger partial charge in [0.15, 0.2) is 0 Å². The molecule has 0 aromatic carbocycles. The van der Waals surface area contributed by atoms with E-state index in [2.05, 4.69) is 33.0 Å². The number of nitrogens with one attached hydrogen (secondary N) is 3. The molecule has 0 saturated carbocycles. The van der Waals surface area contributed by atoms with Gasteiger partial charge in [-0.1, -0.05) is 12.2 Å². The van der Waals surface area contributed by atoms with Crippen molar-refractivity contribution in [3.63, 3.8) is 0 Å². The van der Waals surface area contributed by atoms with Crippen LogP contribution in [0.5, 0.6) is 0 Å². The number of allylic oxidation sites excluding steroid dienone is 1. The fourth-order valence-electron chi connectivity index (χ4n) is 2.42. The van der Waals surface area contributed by atoms with E-state index >= 15 is 0 Å². The highest BCUT2D eigenvalue weighted by Gasteiger charge is 2.13. The van der Waals surface area contributed by atoms with Crippen LogP contribution in [-0.4, -0.2) is 56.2 Å². The molecule has 0 aromatic rings. The van der Waals surface area contributed by atoms with Crippen LogP contribution in [0.15, 0.2) is 12.2 Å². The molecule has 2 amide bonds. The van der Waals surface area contributed by atoms with Gasteiger partial charge in [-0.3, -0.25) is 4.90 Å². The van der Waals surface area contributed by atoms with E-state index in [9.17, 15) is 4.79 Å². The molecule has 0 spiro atoms. The van der Waals surface area contributed by atoms with Crippen molar-refractivity contribution in [3.8, 4) is 0 Å². The molecule has 1 saturated heterocycles. The van der Waals surface area contributed by atoms with Gasteiger partial charge in [0.25, 0.3) is 0 Å². The first-order valence-electron chi connectivity index (χ1n) is 6.97. The summed E-state index contributed by atoms with van der Waals surface area (Å²) < 4.78 is 0. The van der Waals surface area contributed by atoms with Gasteiger partial charge in [-0.25, -0.2) is 4.79 Å². The van der Waals surface area contributed by atoms with Crippen molar-refractivity contribution < 1.29 is 4.79 Å². The second-order valence-corrected chi connectivity index (χ2v) is 4.97. The Bertz CT molecular complexity index is 287. The number of nitrogens with zero attached hydrogens (tertiary/aromatic N) is 1. The third-order valence-electron chi connectivity index (χ3n) is 3.53. The number of piperazine rings is 1. The van der Waals surface area contributed by atoms with Gasteiger partial charge in [-0.2, -0.15) is 0 Å². The first-order chi connectivity index (χ1) is 8.84. The number of carbonyl (C=O) groups excluding carboxylic acids is 1. The minimum atomic E-state index is -0.0227. The van der Waals surface area contributed by atoms with Crippen molar-refractivity contribution >= 4 is 6.03 Å². The summed E-state index contributed by atoms with van der Waals surface area (Å²) in [6, 6.07) is 0.291. The van der Waals surface area contributed by atoms with E-state index in [0.717, 1.165) is 58.5 Å². The lowest BCUT2D eigenvalue weighted by molar-refractivity contribution is 0.224. The Morgan fingerprint density at radius 2 is 2.17 bits per heavy atom. The van der Waals surface area contributed by atoms with Gasteiger partial charge in [0.2, 0.25) is 0 Å². The Hall–Kier alpha value is -1.07. The Morgan fingerprint density at radius 1 is 1.33 bits per heavy atom. The van der Waals surface area contributed by atoms with Crippen molar-refractivity contribution in [2.75, 3.05) is 39.3 Å². The van der Waals surface area contributed by atoms with Crippen LogP contribution >= 0.6 is 0 Å². The van der Waals surface area contributed by atoms with Gasteiger partial charge in [0.1, 0.15) is 0 Å². The zero-order chi connectivity index (χ0) is 12.6. The van der Waals surface area contributed by atoms with Crippen LogP contribution in [0, 0.1) is 0 Å². The monoisotopic (exact) mass is 252 g/mol. The maximum Gasteiger partial charge on any atom is 0.315 e. The topological polar surface area (TPSA) is 56.4 Å². The largest absolute Gasteiger partial charge is 0.337 e. The van der Waals surface area contributed by atoms with Crippen LogP contribution in [-0.2, 0) is 0 Å². The predicted molar refractivity (Wildman–Crippen MR) is 72.6 cm³/mol. The summed E-state index contributed by atoms with van der Waals surface area (Å²) in [6.07, 6.45) is 7.42. The molecule has 0 aromatic heterocycles. The van der Waals surface area contributed by atoms with E-state index in [1.807, 2.05) is 0 Å². The number of rotatable bonds is 4. The maximum atomic E-state index is 11.7. The predicted octanol–water partition coefficient (Wildman–Crippen LogP) is 0.300. The van der Waals surface area contributed by atoms with Gasteiger partial charge < -0.3 is 16.0 Å². The summed E-state index contributed by atoms with van der Waals surface area (Å²) in [5.41, 5.74) is 0. The third-order valence-corrected chi connectivity index (χ3v) is 3.53. The van der Waals surface area contributed by atoms with Crippen molar-refractivity contribution in [1.82, 2.24) is 20.9 Å². The third kappa shape index (κ3) is 4.66. The molecule has 5 heteroatoms. The molecule has 1 heterocycles. The molecule has 2 rings (SSSR count). The van der Waals surface area contributed by atoms with Crippen molar-refractivity contribution in [2.24, 2.45) is 0 Å². The lowest BCUT2D eigenvalue weighted by atomic mass is 10.0. The lowest BCUT2D eigenvalue weighted by Crippen LogP contribution is -2.48. The van der Waals surface area contributed by atoms with E-state index in [1.54, 1.807) is 0 Å². The minimum absolute atomic E-state index is 0.0227. The average molecular weight is 252 g/mol. The second-order valence-electron chi connectivity index (χ2n) is 4.97. The summed E-state index contributed by atoms with van der Waals surface area (Å²) in [6.45, 7) is 5.95. The Labute approximate surface area is 109 Å². The molecule has 102 valence electrons. The van der Waals surface area contributed by atoms with Gasteiger partial charge in [0, 0.05) is 45.3 Å². The van der Waals surface area contributed by atoms with E-state index in [1.165, 1.54) is 0 Å². The number of urea groups is 1. The molecule has 1 aliphatic heterocycles. The molecule has 3 N–H and O–H groups in total. The van der Waals surface area contributed by atoms with E-state index < -0.39 is 0 Å². The van der Waals surface area contributed by atoms with Crippen LogP contribution in [0.25, 0.3) is 0 Å². The van der Waals surface area contributed by atoms with E-state index in [4.69, 9.17) is 0 Å². The summed E-state index contributed by atoms with van der Waals surface area (Å²) >= 11 is 0. The lowest BCUT2D eigenvalue weighted by Gasteiger charge is -2.27. The smallest absolute Gasteiger partial charge is 0.315 e. The molecule has 5 nitrogen and oxygen atoms in total. The van der Waals surface area contributed by atoms with Crippen LogP contribution in [0.3, 0.4) is 0 Å². The number of amides is 2. The normalized spacial score (nSPS) is 24.8. The molecule has 1 aliphatic carbocycles. The molecule has 1 fully saturated rings. The average Bonchev–Trinajstić information content (AvgIpc) is 2.41. The Morgan fingerprint density at radius 3 is 2.89 bits per heavy atom. The van der Waals surface area contributed by atoms with Gasteiger partial charge in [-0.05, 0) is 19.3 Å². The second kappa shape index (κ2) is 7.38. The number of hydrogen-bond donors (Lipinski definition) is 3. The zero-order valence-electron chi connectivity index (χ0n) is 11.0. The molecule has 0 radical (unpaired) electrons. The molecule has 0 bridgehead atoms. The van der Waals surface area contributed by atoms with E-state index in [0.29, 0.717) is 6.04 Å². The van der Waals surface area contributed by atoms with Crippen molar-refractivity contribution in [3.05, 3.63) is 12.2 Å². The van der Waals surface area contributed by atoms with E-state index in [-0.39, 0.29) is 6.03 Å². The van der Waals surface area contributed by atoms with Crippen LogP contribution in [0.2, 0.25) is 0 Å². The number of carbonyl (C=O) groups is 1. The first-order valence-corrected chi connectivity index (χ1v) is 6.97. The van der Waals surface area contributed by atoms with Crippen molar-refractivity contribution in [2.45, 2.75) is 25.3 Å². The SMILES string of the molecule is O=C(NCCN1CCNCC1)NC1CC=CCC1. The summed E-state index contributed by atoms with van der Waals surface area (Å²) in [5, 5.41) is 9.29. The van der Waals surface area contributed by atoms with Crippen LogP contribution < -0.4 is 16.0 Å². The standard InChI is InChI=1S/C13H24N4O/c18-13(16-12-4-2-1-3-5-12)15-8-11-17-9-6-14-7-10-17/h1-2,12,14H,3-11H2,(H2,15,16,18). The minimum Gasteiger partial charge on any atom is -0.337 e. The Balaban J connectivity index is 1.55. The molecular weight excluding hydrogens is 228 g/mol. The van der Waals surface area contributed by atoms with Gasteiger partial charge in [0.05, 0.1) is 0 Å². The first kappa shape index (κ1) is 13.4. The fraction of sp³-hybridized carbons (Fsp3) is 0.769. The molecule has 1 atom stereocenters. The summed E-state index contributed by atoms with van der Waals surface area (Å²) in [7, 11) is 0. The zero-order valence-corrected chi connectivity index (χ0v) is 11.0. The van der Waals surface area contributed by atoms with Gasteiger partial charge >= 0.3 is 6.03 Å². The molecule has 18 heavy (non-hydrogen) atoms. The highest BCUT2D eigenvalue weighted by Crippen LogP contribution is 2.09. The summed E-state index contributed by atoms with van der Waals surface area (Å²) in [5.74, 6) is 0. The van der Waals surface area contributed by atoms with Gasteiger partial charge in [-0.15, -0.1) is 0 Å². The molecule has 1 unspecified atom stereocenters. The highest BCUT2D eigenvalue weighted by atomic mass is 16.2. The van der Waals surface area contributed by atoms with Crippen LogP contribution in [0.4, 0.5) is 4.79 Å². The highest BCUT2D eigenvalue weighted by molar-refractivity contribution is 5.74. The summed E-state index contributed by atoms with van der Waals surface area (Å²) in [4.78, 5) is 14.1. The molecular formula is C13H24N4O. The Kier molecular flexibility index (Phi) is 5.48. The van der Waals surface area contributed by atoms with Crippen LogP contribution in [0.1, 0.15) is 19.3 Å². The quantitative estimate of drug-likeness (QED) is 0.631.